The molecule has 2 aliphatic heterocycles. The molecule has 0 saturated carbocycles. The summed E-state index contributed by atoms with van der Waals surface area (Å²) in [6.45, 7) is 1.94. The summed E-state index contributed by atoms with van der Waals surface area (Å²) in [5.41, 5.74) is 0. The lowest BCUT2D eigenvalue weighted by molar-refractivity contribution is 0.296. The van der Waals surface area contributed by atoms with Crippen molar-refractivity contribution in [1.29, 1.82) is 0 Å². The molecular formula is C19H24N4O5S. The molecule has 0 unspecified atom stereocenters. The first-order valence-electron chi connectivity index (χ1n) is 9.58. The first-order chi connectivity index (χ1) is 14.1. The van der Waals surface area contributed by atoms with Gasteiger partial charge in [0, 0.05) is 37.7 Å². The SMILES string of the molecule is COc1cc(NC2CCN(S(=O)(=O)c3ccc4c(c3)OCCCO4)CC2)ncn1. The Bertz CT molecular complexity index is 961. The van der Waals surface area contributed by atoms with Gasteiger partial charge in [-0.1, -0.05) is 0 Å². The molecule has 29 heavy (non-hydrogen) atoms. The predicted octanol–water partition coefficient (Wildman–Crippen LogP) is 1.91. The molecule has 0 amide bonds. The van der Waals surface area contributed by atoms with Gasteiger partial charge >= 0.3 is 0 Å². The summed E-state index contributed by atoms with van der Waals surface area (Å²) in [5, 5.41) is 3.33. The lowest BCUT2D eigenvalue weighted by atomic mass is 10.1. The van der Waals surface area contributed by atoms with Gasteiger partial charge in [-0.2, -0.15) is 4.31 Å². The number of nitrogens with one attached hydrogen (secondary N) is 1. The number of nitrogens with zero attached hydrogens (tertiary/aromatic N) is 3. The molecule has 2 aliphatic rings. The molecule has 1 N–H and O–H groups in total. The zero-order chi connectivity index (χ0) is 20.3. The van der Waals surface area contributed by atoms with E-state index < -0.39 is 10.0 Å². The number of methoxy groups -OCH3 is 1. The zero-order valence-corrected chi connectivity index (χ0v) is 17.0. The molecule has 3 heterocycles. The number of aromatic nitrogens is 2. The Morgan fingerprint density at radius 1 is 1.10 bits per heavy atom. The molecule has 156 valence electrons. The van der Waals surface area contributed by atoms with Crippen LogP contribution in [0.25, 0.3) is 0 Å². The number of anilines is 1. The lowest BCUT2D eigenvalue weighted by Gasteiger charge is -2.32. The molecule has 4 rings (SSSR count). The molecule has 0 radical (unpaired) electrons. The minimum atomic E-state index is -3.59. The van der Waals surface area contributed by atoms with Crippen LogP contribution in [0.5, 0.6) is 17.4 Å². The molecule has 10 heteroatoms. The zero-order valence-electron chi connectivity index (χ0n) is 16.2. The second-order valence-corrected chi connectivity index (χ2v) is 8.87. The summed E-state index contributed by atoms with van der Waals surface area (Å²) in [7, 11) is -2.04. The summed E-state index contributed by atoms with van der Waals surface area (Å²) in [4.78, 5) is 8.40. The summed E-state index contributed by atoms with van der Waals surface area (Å²) < 4.78 is 44.0. The van der Waals surface area contributed by atoms with Crippen molar-refractivity contribution in [3.63, 3.8) is 0 Å². The number of rotatable bonds is 5. The van der Waals surface area contributed by atoms with E-state index in [0.29, 0.717) is 62.3 Å². The summed E-state index contributed by atoms with van der Waals surface area (Å²) >= 11 is 0. The third-order valence-electron chi connectivity index (χ3n) is 5.01. The molecular weight excluding hydrogens is 396 g/mol. The van der Waals surface area contributed by atoms with Crippen LogP contribution in [0.15, 0.2) is 35.5 Å². The maximum atomic E-state index is 13.1. The largest absolute Gasteiger partial charge is 0.490 e. The highest BCUT2D eigenvalue weighted by Crippen LogP contribution is 2.33. The lowest BCUT2D eigenvalue weighted by Crippen LogP contribution is -2.42. The Hall–Kier alpha value is -2.59. The van der Waals surface area contributed by atoms with E-state index >= 15 is 0 Å². The van der Waals surface area contributed by atoms with E-state index in [2.05, 4.69) is 15.3 Å². The molecule has 2 aromatic rings. The fourth-order valence-corrected chi connectivity index (χ4v) is 4.92. The van der Waals surface area contributed by atoms with Crippen molar-refractivity contribution in [2.75, 3.05) is 38.7 Å². The number of hydrogen-bond acceptors (Lipinski definition) is 8. The van der Waals surface area contributed by atoms with Crippen LogP contribution in [0, 0.1) is 0 Å². The second-order valence-electron chi connectivity index (χ2n) is 6.93. The number of sulfonamides is 1. The average molecular weight is 420 g/mol. The molecule has 1 fully saturated rings. The van der Waals surface area contributed by atoms with Crippen molar-refractivity contribution < 1.29 is 22.6 Å². The van der Waals surface area contributed by atoms with E-state index in [4.69, 9.17) is 14.2 Å². The van der Waals surface area contributed by atoms with Crippen LogP contribution in [-0.2, 0) is 10.0 Å². The first kappa shape index (κ1) is 19.7. The topological polar surface area (TPSA) is 103 Å². The molecule has 1 aromatic heterocycles. The van der Waals surface area contributed by atoms with Gasteiger partial charge in [0.1, 0.15) is 12.1 Å². The van der Waals surface area contributed by atoms with Gasteiger partial charge in [-0.05, 0) is 25.0 Å². The van der Waals surface area contributed by atoms with Gasteiger partial charge in [-0.15, -0.1) is 0 Å². The van der Waals surface area contributed by atoms with Gasteiger partial charge in [-0.3, -0.25) is 0 Å². The molecule has 0 spiro atoms. The Labute approximate surface area is 170 Å². The third-order valence-corrected chi connectivity index (χ3v) is 6.91. The number of hydrogen-bond donors (Lipinski definition) is 1. The maximum Gasteiger partial charge on any atom is 0.243 e. The van der Waals surface area contributed by atoms with Gasteiger partial charge in [0.25, 0.3) is 0 Å². The first-order valence-corrected chi connectivity index (χ1v) is 11.0. The van der Waals surface area contributed by atoms with Crippen LogP contribution in [0.3, 0.4) is 0 Å². The van der Waals surface area contributed by atoms with Gasteiger partial charge in [0.05, 0.1) is 25.2 Å². The van der Waals surface area contributed by atoms with Crippen molar-refractivity contribution in [2.45, 2.75) is 30.2 Å². The van der Waals surface area contributed by atoms with Crippen molar-refractivity contribution in [2.24, 2.45) is 0 Å². The van der Waals surface area contributed by atoms with Gasteiger partial charge < -0.3 is 19.5 Å². The highest BCUT2D eigenvalue weighted by molar-refractivity contribution is 7.89. The summed E-state index contributed by atoms with van der Waals surface area (Å²) in [6, 6.07) is 6.67. The predicted molar refractivity (Wildman–Crippen MR) is 106 cm³/mol. The van der Waals surface area contributed by atoms with Crippen LogP contribution >= 0.6 is 0 Å². The number of piperidine rings is 1. The van der Waals surface area contributed by atoms with E-state index in [1.54, 1.807) is 31.4 Å². The number of ether oxygens (including phenoxy) is 3. The maximum absolute atomic E-state index is 13.1. The molecule has 0 atom stereocenters. The van der Waals surface area contributed by atoms with E-state index in [1.807, 2.05) is 0 Å². The number of benzene rings is 1. The number of fused-ring (bicyclic) bond motifs is 1. The highest BCUT2D eigenvalue weighted by atomic mass is 32.2. The molecule has 0 aliphatic carbocycles. The molecule has 1 saturated heterocycles. The smallest absolute Gasteiger partial charge is 0.243 e. The van der Waals surface area contributed by atoms with Crippen molar-refractivity contribution >= 4 is 15.8 Å². The van der Waals surface area contributed by atoms with Gasteiger partial charge in [0.15, 0.2) is 11.5 Å². The van der Waals surface area contributed by atoms with Gasteiger partial charge in [-0.25, -0.2) is 18.4 Å². The fourth-order valence-electron chi connectivity index (χ4n) is 3.43. The van der Waals surface area contributed by atoms with Crippen molar-refractivity contribution in [3.8, 4) is 17.4 Å². The quantitative estimate of drug-likeness (QED) is 0.783. The van der Waals surface area contributed by atoms with Crippen LogP contribution in [0.4, 0.5) is 5.82 Å². The Morgan fingerprint density at radius 3 is 2.62 bits per heavy atom. The normalized spacial score (nSPS) is 18.1. The van der Waals surface area contributed by atoms with E-state index in [1.165, 1.54) is 10.6 Å². The van der Waals surface area contributed by atoms with E-state index in [9.17, 15) is 8.42 Å². The Kier molecular flexibility index (Phi) is 5.72. The monoisotopic (exact) mass is 420 g/mol. The minimum absolute atomic E-state index is 0.129. The van der Waals surface area contributed by atoms with Crippen molar-refractivity contribution in [1.82, 2.24) is 14.3 Å². The minimum Gasteiger partial charge on any atom is -0.490 e. The summed E-state index contributed by atoms with van der Waals surface area (Å²) in [5.74, 6) is 2.22. The molecule has 0 bridgehead atoms. The average Bonchev–Trinajstić information content (AvgIpc) is 2.99. The Balaban J connectivity index is 1.41. The Morgan fingerprint density at radius 2 is 1.86 bits per heavy atom. The molecule has 1 aromatic carbocycles. The van der Waals surface area contributed by atoms with Gasteiger partial charge in [0.2, 0.25) is 15.9 Å². The third kappa shape index (κ3) is 4.38. The molecule has 9 nitrogen and oxygen atoms in total. The van der Waals surface area contributed by atoms with Crippen LogP contribution in [-0.4, -0.2) is 62.1 Å². The van der Waals surface area contributed by atoms with Crippen molar-refractivity contribution in [3.05, 3.63) is 30.6 Å². The fraction of sp³-hybridized carbons (Fsp3) is 0.474. The van der Waals surface area contributed by atoms with Crippen LogP contribution < -0.4 is 19.5 Å². The standard InChI is InChI=1S/C19H24N4O5S/c1-26-19-12-18(20-13-21-19)22-14-5-7-23(8-6-14)29(24,25)15-3-4-16-17(11-15)28-10-2-9-27-16/h3-4,11-14H,2,5-10H2,1H3,(H,20,21,22). The van der Waals surface area contributed by atoms with Crippen LogP contribution in [0.1, 0.15) is 19.3 Å². The highest BCUT2D eigenvalue weighted by Gasteiger charge is 2.30. The van der Waals surface area contributed by atoms with E-state index in [0.717, 1.165) is 6.42 Å². The van der Waals surface area contributed by atoms with E-state index in [-0.39, 0.29) is 10.9 Å². The summed E-state index contributed by atoms with van der Waals surface area (Å²) in [6.07, 6.45) is 3.56. The second kappa shape index (κ2) is 8.42. The van der Waals surface area contributed by atoms with Crippen LogP contribution in [0.2, 0.25) is 0 Å².